The topological polar surface area (TPSA) is 152 Å². The molecular weight excluding hydrogens is 432 g/mol. The molecule has 3 aromatic rings. The maximum absolute atomic E-state index is 12.4. The van der Waals surface area contributed by atoms with Gasteiger partial charge in [-0.1, -0.05) is 17.3 Å². The number of ether oxygens (including phenoxy) is 1. The van der Waals surface area contributed by atoms with Crippen LogP contribution in [0.3, 0.4) is 0 Å². The highest BCUT2D eigenvalue weighted by molar-refractivity contribution is 6.52. The molecule has 3 atom stereocenters. The second-order valence-corrected chi connectivity index (χ2v) is 8.02. The smallest absolute Gasteiger partial charge is 0.330 e. The fourth-order valence-corrected chi connectivity index (χ4v) is 4.24. The first-order chi connectivity index (χ1) is 15.9. The fraction of sp³-hybridized carbons (Fsp3) is 0.333. The minimum Gasteiger partial charge on any atom is -0.394 e. The molecule has 12 nitrogen and oxygen atoms in total. The molecule has 1 saturated heterocycles. The van der Waals surface area contributed by atoms with Gasteiger partial charge in [0.15, 0.2) is 0 Å². The summed E-state index contributed by atoms with van der Waals surface area (Å²) >= 11 is 0. The van der Waals surface area contributed by atoms with Gasteiger partial charge in [0.05, 0.1) is 36.6 Å². The van der Waals surface area contributed by atoms with E-state index in [4.69, 9.17) is 4.74 Å². The molecule has 2 aliphatic rings. The lowest BCUT2D eigenvalue weighted by Crippen LogP contribution is -2.33. The quantitative estimate of drug-likeness (QED) is 0.500. The van der Waals surface area contributed by atoms with E-state index in [2.05, 4.69) is 15.3 Å². The Bertz CT molecular complexity index is 1370. The van der Waals surface area contributed by atoms with E-state index in [9.17, 15) is 24.3 Å². The van der Waals surface area contributed by atoms with E-state index in [1.807, 2.05) is 0 Å². The Labute approximate surface area is 186 Å². The predicted octanol–water partition coefficient (Wildman–Crippen LogP) is -0.313. The number of H-pyrrole nitrogens is 1. The summed E-state index contributed by atoms with van der Waals surface area (Å²) in [5.41, 5.74) is 0.599. The number of Topliss-reactive ketones (excluding diaryl/α,β-unsaturated/α-hetero) is 1. The van der Waals surface area contributed by atoms with Crippen LogP contribution in [-0.2, 0) is 16.1 Å². The molecule has 1 fully saturated rings. The molecular formula is C21H20N6O6. The monoisotopic (exact) mass is 452 g/mol. The number of aromatic amines is 1. The van der Waals surface area contributed by atoms with E-state index < -0.39 is 41.3 Å². The second-order valence-electron chi connectivity index (χ2n) is 8.02. The molecule has 4 heterocycles. The lowest BCUT2D eigenvalue weighted by Gasteiger charge is -2.16. The Morgan fingerprint density at radius 2 is 1.97 bits per heavy atom. The Hall–Kier alpha value is -3.90. The highest BCUT2D eigenvalue weighted by Crippen LogP contribution is 2.36. The largest absolute Gasteiger partial charge is 0.394 e. The van der Waals surface area contributed by atoms with E-state index in [0.29, 0.717) is 28.9 Å². The van der Waals surface area contributed by atoms with Gasteiger partial charge in [0, 0.05) is 18.2 Å². The maximum Gasteiger partial charge on any atom is 0.330 e. The van der Waals surface area contributed by atoms with Gasteiger partial charge < -0.3 is 9.84 Å². The SMILES string of the molecule is Cc1cn(C2CC(n3cc(CN4C(=O)C(=O)c5ccccc54)nn3)C(CO)O2)c(=O)[nH]c1=O. The number of ketones is 1. The zero-order valence-corrected chi connectivity index (χ0v) is 17.5. The Morgan fingerprint density at radius 1 is 1.18 bits per heavy atom. The molecule has 5 rings (SSSR count). The molecule has 33 heavy (non-hydrogen) atoms. The van der Waals surface area contributed by atoms with Gasteiger partial charge in [0.1, 0.15) is 18.0 Å². The van der Waals surface area contributed by atoms with Crippen molar-refractivity contribution in [3.63, 3.8) is 0 Å². The first kappa shape index (κ1) is 21.0. The molecule has 1 aromatic carbocycles. The van der Waals surface area contributed by atoms with Crippen LogP contribution in [0.5, 0.6) is 0 Å². The number of benzene rings is 1. The molecule has 12 heteroatoms. The third-order valence-electron chi connectivity index (χ3n) is 5.94. The van der Waals surface area contributed by atoms with Crippen molar-refractivity contribution in [3.8, 4) is 0 Å². The van der Waals surface area contributed by atoms with Gasteiger partial charge in [-0.15, -0.1) is 5.10 Å². The van der Waals surface area contributed by atoms with Crippen LogP contribution in [0, 0.1) is 6.92 Å². The van der Waals surface area contributed by atoms with Crippen molar-refractivity contribution in [2.24, 2.45) is 0 Å². The van der Waals surface area contributed by atoms with Gasteiger partial charge in [-0.05, 0) is 19.1 Å². The Kier molecular flexibility index (Phi) is 5.02. The van der Waals surface area contributed by atoms with Crippen LogP contribution in [-0.4, -0.2) is 54.1 Å². The van der Waals surface area contributed by atoms with Gasteiger partial charge in [-0.25, -0.2) is 9.48 Å². The van der Waals surface area contributed by atoms with Crippen LogP contribution in [0.1, 0.15) is 40.3 Å². The number of aliphatic hydroxyl groups is 1. The van der Waals surface area contributed by atoms with Crippen molar-refractivity contribution in [2.75, 3.05) is 11.5 Å². The number of hydrogen-bond donors (Lipinski definition) is 2. The number of hydrogen-bond acceptors (Lipinski definition) is 8. The summed E-state index contributed by atoms with van der Waals surface area (Å²) in [6, 6.07) is 6.31. The highest BCUT2D eigenvalue weighted by Gasteiger charge is 2.39. The van der Waals surface area contributed by atoms with Crippen molar-refractivity contribution in [3.05, 3.63) is 74.3 Å². The molecule has 1 amide bonds. The Balaban J connectivity index is 1.38. The molecule has 0 spiro atoms. The number of aliphatic hydroxyl groups excluding tert-OH is 1. The molecule has 0 radical (unpaired) electrons. The van der Waals surface area contributed by atoms with Gasteiger partial charge >= 0.3 is 5.69 Å². The van der Waals surface area contributed by atoms with Crippen LogP contribution in [0.4, 0.5) is 5.69 Å². The summed E-state index contributed by atoms with van der Waals surface area (Å²) in [4.78, 5) is 52.1. The fourth-order valence-electron chi connectivity index (χ4n) is 4.24. The van der Waals surface area contributed by atoms with Crippen molar-refractivity contribution < 1.29 is 19.4 Å². The molecule has 3 unspecified atom stereocenters. The zero-order chi connectivity index (χ0) is 23.3. The first-order valence-electron chi connectivity index (χ1n) is 10.3. The van der Waals surface area contributed by atoms with Gasteiger partial charge in [-0.2, -0.15) is 0 Å². The molecule has 0 saturated carbocycles. The number of carbonyl (C=O) groups excluding carboxylic acids is 2. The van der Waals surface area contributed by atoms with E-state index in [0.717, 1.165) is 0 Å². The number of aromatic nitrogens is 5. The van der Waals surface area contributed by atoms with E-state index >= 15 is 0 Å². The van der Waals surface area contributed by atoms with E-state index in [-0.39, 0.29) is 13.2 Å². The second kappa shape index (κ2) is 7.90. The normalized spacial score (nSPS) is 22.2. The standard InChI is InChI=1S/C21H20N6O6/c1-11-7-26(21(32)22-19(11)30)17-6-15(16(10-28)33-17)27-9-12(23-24-27)8-25-14-5-3-2-4-13(14)18(29)20(25)31/h2-5,7,9,15-17,28H,6,8,10H2,1H3,(H,22,30,32). The number of anilines is 1. The predicted molar refractivity (Wildman–Crippen MR) is 113 cm³/mol. The van der Waals surface area contributed by atoms with Crippen molar-refractivity contribution in [1.82, 2.24) is 24.5 Å². The number of rotatable bonds is 5. The lowest BCUT2D eigenvalue weighted by molar-refractivity contribution is -0.114. The van der Waals surface area contributed by atoms with Gasteiger partial charge in [0.2, 0.25) is 0 Å². The van der Waals surface area contributed by atoms with Crippen LogP contribution in [0.15, 0.2) is 46.2 Å². The number of aryl methyl sites for hydroxylation is 1. The van der Waals surface area contributed by atoms with Crippen molar-refractivity contribution >= 4 is 17.4 Å². The summed E-state index contributed by atoms with van der Waals surface area (Å²) in [7, 11) is 0. The molecule has 2 aliphatic heterocycles. The summed E-state index contributed by atoms with van der Waals surface area (Å²) in [6.07, 6.45) is 1.96. The van der Waals surface area contributed by atoms with Crippen molar-refractivity contribution in [1.29, 1.82) is 0 Å². The van der Waals surface area contributed by atoms with Crippen LogP contribution in [0.25, 0.3) is 0 Å². The van der Waals surface area contributed by atoms with Crippen LogP contribution < -0.4 is 16.1 Å². The third-order valence-corrected chi connectivity index (χ3v) is 5.94. The van der Waals surface area contributed by atoms with Crippen LogP contribution in [0.2, 0.25) is 0 Å². The summed E-state index contributed by atoms with van der Waals surface area (Å²) < 4.78 is 8.66. The summed E-state index contributed by atoms with van der Waals surface area (Å²) in [6.45, 7) is 1.32. The average molecular weight is 452 g/mol. The third kappa shape index (κ3) is 3.49. The van der Waals surface area contributed by atoms with Crippen LogP contribution >= 0.6 is 0 Å². The van der Waals surface area contributed by atoms with Gasteiger partial charge in [-0.3, -0.25) is 28.8 Å². The molecule has 0 bridgehead atoms. The minimum atomic E-state index is -0.715. The van der Waals surface area contributed by atoms with Gasteiger partial charge in [0.25, 0.3) is 17.2 Å². The number of para-hydroxylation sites is 1. The maximum atomic E-state index is 12.4. The number of nitrogens with zero attached hydrogens (tertiary/aromatic N) is 5. The van der Waals surface area contributed by atoms with E-state index in [1.54, 1.807) is 37.4 Å². The lowest BCUT2D eigenvalue weighted by atomic mass is 10.1. The highest BCUT2D eigenvalue weighted by atomic mass is 16.5. The van der Waals surface area contributed by atoms with E-state index in [1.165, 1.54) is 20.3 Å². The number of nitrogens with one attached hydrogen (secondary N) is 1. The minimum absolute atomic E-state index is 0.0565. The average Bonchev–Trinajstić information content (AvgIpc) is 3.50. The van der Waals surface area contributed by atoms with Crippen molar-refractivity contribution in [2.45, 2.75) is 38.3 Å². The molecule has 2 N–H and O–H groups in total. The molecule has 2 aromatic heterocycles. The first-order valence-corrected chi connectivity index (χ1v) is 10.3. The number of fused-ring (bicyclic) bond motifs is 1. The number of carbonyl (C=O) groups is 2. The summed E-state index contributed by atoms with van der Waals surface area (Å²) in [5, 5.41) is 18.1. The summed E-state index contributed by atoms with van der Waals surface area (Å²) in [5.74, 6) is -1.19. The zero-order valence-electron chi connectivity index (χ0n) is 17.5. The molecule has 0 aliphatic carbocycles. The molecule has 170 valence electrons. The number of amides is 1. The Morgan fingerprint density at radius 3 is 2.76 bits per heavy atom.